The van der Waals surface area contributed by atoms with Gasteiger partial charge in [0.25, 0.3) is 6.71 Å². The Morgan fingerprint density at radius 2 is 0.414 bits per heavy atom. The van der Waals surface area contributed by atoms with E-state index < -0.39 is 0 Å². The van der Waals surface area contributed by atoms with Crippen LogP contribution >= 0.6 is 0 Å². The van der Waals surface area contributed by atoms with E-state index in [1.165, 1.54) is 16.4 Å². The summed E-state index contributed by atoms with van der Waals surface area (Å²) in [5, 5.41) is 0. The zero-order valence-corrected chi connectivity index (χ0v) is 54.2. The fourth-order valence-electron chi connectivity index (χ4n) is 14.9. The van der Waals surface area contributed by atoms with Gasteiger partial charge in [0.2, 0.25) is 0 Å². The van der Waals surface area contributed by atoms with Gasteiger partial charge in [-0.2, -0.15) is 0 Å². The molecule has 3 heterocycles. The van der Waals surface area contributed by atoms with E-state index in [9.17, 15) is 0 Å². The van der Waals surface area contributed by atoms with Crippen molar-refractivity contribution in [3.63, 3.8) is 0 Å². The molecule has 16 aromatic rings. The van der Waals surface area contributed by atoms with Crippen LogP contribution in [0, 0.1) is 0 Å². The molecule has 18 rings (SSSR count). The Hall–Kier alpha value is -13.0. The number of fused-ring (bicyclic) bond motifs is 4. The van der Waals surface area contributed by atoms with Gasteiger partial charge < -0.3 is 9.80 Å². The average Bonchev–Trinajstić information content (AvgIpc) is 0.697. The number of hydrogen-bond donors (Lipinski definition) is 0. The van der Waals surface area contributed by atoms with Crippen molar-refractivity contribution in [2.75, 3.05) is 9.80 Å². The van der Waals surface area contributed by atoms with Gasteiger partial charge >= 0.3 is 0 Å². The maximum atomic E-state index is 5.94. The maximum Gasteiger partial charge on any atom is 0.252 e. The summed E-state index contributed by atoms with van der Waals surface area (Å²) < 4.78 is 0. The van der Waals surface area contributed by atoms with Crippen LogP contribution in [0.5, 0.6) is 0 Å². The molecule has 15 aromatic carbocycles. The fourth-order valence-corrected chi connectivity index (χ4v) is 14.9. The Morgan fingerprint density at radius 1 is 0.182 bits per heavy atom. The lowest BCUT2D eigenvalue weighted by Gasteiger charge is -2.44. The van der Waals surface area contributed by atoms with E-state index in [0.717, 1.165) is 151 Å². The van der Waals surface area contributed by atoms with E-state index in [4.69, 9.17) is 9.97 Å². The van der Waals surface area contributed by atoms with Gasteiger partial charge in [-0.3, -0.25) is 0 Å². The lowest BCUT2D eigenvalue weighted by atomic mass is 9.33. The molecule has 99 heavy (non-hydrogen) atoms. The molecule has 0 radical (unpaired) electrons. The zero-order valence-electron chi connectivity index (χ0n) is 54.2. The predicted molar refractivity (Wildman–Crippen MR) is 416 cm³/mol. The van der Waals surface area contributed by atoms with Crippen LogP contribution in [0.2, 0.25) is 0 Å². The maximum absolute atomic E-state index is 5.94. The Morgan fingerprint density at radius 3 is 0.707 bits per heavy atom. The molecular weight excluding hydrogens is 1200 g/mol. The summed E-state index contributed by atoms with van der Waals surface area (Å²) >= 11 is 0. The van der Waals surface area contributed by atoms with Crippen LogP contribution in [0.3, 0.4) is 0 Å². The van der Waals surface area contributed by atoms with Crippen molar-refractivity contribution < 1.29 is 0 Å². The van der Waals surface area contributed by atoms with E-state index in [2.05, 4.69) is 392 Å². The van der Waals surface area contributed by atoms with Crippen LogP contribution in [-0.4, -0.2) is 16.7 Å². The molecule has 0 saturated carbocycles. The van der Waals surface area contributed by atoms with Gasteiger partial charge in [0, 0.05) is 50.8 Å². The minimum Gasteiger partial charge on any atom is -0.311 e. The Labute approximate surface area is 578 Å². The molecule has 4 nitrogen and oxygen atoms in total. The first-order chi connectivity index (χ1) is 49.0. The van der Waals surface area contributed by atoms with Gasteiger partial charge in [-0.15, -0.1) is 0 Å². The lowest BCUT2D eigenvalue weighted by molar-refractivity contribution is 1.18. The lowest BCUT2D eigenvalue weighted by Crippen LogP contribution is -2.61. The summed E-state index contributed by atoms with van der Waals surface area (Å²) in [4.78, 5) is 16.8. The van der Waals surface area contributed by atoms with E-state index >= 15 is 0 Å². The van der Waals surface area contributed by atoms with Crippen molar-refractivity contribution in [3.8, 4) is 123 Å². The SMILES string of the molecule is c1ccc(-c2cc(-c3ccccc3)cc(-c3cc(-c4cc5c6c(c4)N(c4cc(-c7ccccc7)cc(-c7ccccc7)c4)c4ccccc4B6c4ccccc4N5c4cc(-c5ccccc5)cc(-c5ccccc5)c4)nc(-c4cc(-c5ccccc5)cc(-c5ccccc5)c4)n3)c2)cc1. The number of anilines is 6. The third-order valence-electron chi connectivity index (χ3n) is 19.5. The summed E-state index contributed by atoms with van der Waals surface area (Å²) in [6.45, 7) is -0.147. The summed E-state index contributed by atoms with van der Waals surface area (Å²) in [5.41, 5.74) is 32.4. The van der Waals surface area contributed by atoms with Crippen molar-refractivity contribution in [1.82, 2.24) is 9.97 Å². The molecule has 2 aliphatic rings. The number of benzene rings is 15. The molecule has 0 saturated heterocycles. The smallest absolute Gasteiger partial charge is 0.252 e. The molecule has 0 aliphatic carbocycles. The number of aromatic nitrogens is 2. The standard InChI is InChI=1S/C94H63BN4/c1-9-29-64(30-10-1)72-49-73(65-31-11-2-12-32-65)54-80(53-72)87-63-88(97-94(96-87)82-55-74(66-33-13-3-14-34-66)50-75(56-82)67-35-15-4-16-36-67)81-61-91-93-92(62-81)99(84-59-78(70-41-21-7-22-42-70)52-79(60-84)71-43-23-8-24-44-71)90-48-28-26-46-86(90)95(93)85-45-25-27-47-89(85)98(91)83-57-76(68-37-17-5-18-38-68)51-77(58-83)69-39-19-6-20-40-69/h1-63H. The summed E-state index contributed by atoms with van der Waals surface area (Å²) in [6, 6.07) is 139. The van der Waals surface area contributed by atoms with Crippen LogP contribution in [0.1, 0.15) is 0 Å². The van der Waals surface area contributed by atoms with Gasteiger partial charge in [0.05, 0.1) is 11.4 Å². The molecule has 5 heteroatoms. The first-order valence-electron chi connectivity index (χ1n) is 34.0. The molecule has 0 amide bonds. The second-order valence-electron chi connectivity index (χ2n) is 25.7. The predicted octanol–water partition coefficient (Wildman–Crippen LogP) is 22.9. The molecule has 0 atom stereocenters. The Balaban J connectivity index is 0.957. The monoisotopic (exact) mass is 1260 g/mol. The zero-order chi connectivity index (χ0) is 65.6. The summed E-state index contributed by atoms with van der Waals surface area (Å²) in [6.07, 6.45) is 0. The highest BCUT2D eigenvalue weighted by Crippen LogP contribution is 2.49. The molecule has 2 aliphatic heterocycles. The van der Waals surface area contributed by atoms with Gasteiger partial charge in [0.15, 0.2) is 5.82 Å². The minimum absolute atomic E-state index is 0.147. The van der Waals surface area contributed by atoms with Crippen molar-refractivity contribution in [2.24, 2.45) is 0 Å². The molecule has 0 bridgehead atoms. The largest absolute Gasteiger partial charge is 0.311 e. The molecule has 0 fully saturated rings. The van der Waals surface area contributed by atoms with Crippen LogP contribution in [0.4, 0.5) is 34.1 Å². The van der Waals surface area contributed by atoms with Crippen LogP contribution in [-0.2, 0) is 0 Å². The second-order valence-corrected chi connectivity index (χ2v) is 25.7. The quantitative estimate of drug-likeness (QED) is 0.108. The highest BCUT2D eigenvalue weighted by molar-refractivity contribution is 7.00. The van der Waals surface area contributed by atoms with E-state index in [1.807, 2.05) is 0 Å². The Kier molecular flexibility index (Phi) is 15.0. The van der Waals surface area contributed by atoms with Crippen molar-refractivity contribution in [3.05, 3.63) is 382 Å². The van der Waals surface area contributed by atoms with E-state index in [1.54, 1.807) is 0 Å². The Bertz CT molecular complexity index is 5080. The van der Waals surface area contributed by atoms with Gasteiger partial charge in [-0.25, -0.2) is 9.97 Å². The van der Waals surface area contributed by atoms with Crippen molar-refractivity contribution >= 4 is 57.2 Å². The van der Waals surface area contributed by atoms with Crippen LogP contribution in [0.25, 0.3) is 123 Å². The normalized spacial score (nSPS) is 12.0. The summed E-state index contributed by atoms with van der Waals surface area (Å²) in [5.74, 6) is 0.614. The average molecular weight is 1260 g/mol. The van der Waals surface area contributed by atoms with E-state index in [0.29, 0.717) is 5.82 Å². The highest BCUT2D eigenvalue weighted by Gasteiger charge is 2.44. The highest BCUT2D eigenvalue weighted by atomic mass is 15.2. The molecule has 462 valence electrons. The molecule has 0 N–H and O–H groups in total. The molecule has 0 unspecified atom stereocenters. The van der Waals surface area contributed by atoms with E-state index in [-0.39, 0.29) is 6.71 Å². The first-order valence-corrected chi connectivity index (χ1v) is 34.0. The van der Waals surface area contributed by atoms with Gasteiger partial charge in [-0.05, 0) is 209 Å². The number of rotatable bonds is 13. The minimum atomic E-state index is -0.147. The topological polar surface area (TPSA) is 32.3 Å². The first kappa shape index (κ1) is 58.6. The van der Waals surface area contributed by atoms with Crippen LogP contribution in [0.15, 0.2) is 382 Å². The summed E-state index contributed by atoms with van der Waals surface area (Å²) in [7, 11) is 0. The van der Waals surface area contributed by atoms with Crippen molar-refractivity contribution in [2.45, 2.75) is 0 Å². The molecule has 0 spiro atoms. The second kappa shape index (κ2) is 25.3. The van der Waals surface area contributed by atoms with Crippen LogP contribution < -0.4 is 26.2 Å². The van der Waals surface area contributed by atoms with Crippen molar-refractivity contribution in [1.29, 1.82) is 0 Å². The third kappa shape index (κ3) is 11.2. The third-order valence-corrected chi connectivity index (χ3v) is 19.5. The fraction of sp³-hybridized carbons (Fsp3) is 0. The molecule has 1 aromatic heterocycles. The number of nitrogens with zero attached hydrogens (tertiary/aromatic N) is 4. The van der Waals surface area contributed by atoms with Gasteiger partial charge in [0.1, 0.15) is 0 Å². The molecular formula is C94H63BN4. The number of hydrogen-bond acceptors (Lipinski definition) is 4. The van der Waals surface area contributed by atoms with Gasteiger partial charge in [-0.1, -0.05) is 279 Å². The number of para-hydroxylation sites is 2.